The fourth-order valence-electron chi connectivity index (χ4n) is 2.62. The summed E-state index contributed by atoms with van der Waals surface area (Å²) in [6.07, 6.45) is 5.76. The third kappa shape index (κ3) is 2.69. The fraction of sp³-hybridized carbons (Fsp3) is 0. The summed E-state index contributed by atoms with van der Waals surface area (Å²) in [4.78, 5) is 9.23. The molecule has 0 unspecified atom stereocenters. The van der Waals surface area contributed by atoms with E-state index in [9.17, 15) is 0 Å². The van der Waals surface area contributed by atoms with Crippen LogP contribution in [0.4, 0.5) is 0 Å². The van der Waals surface area contributed by atoms with Crippen LogP contribution < -0.4 is 0 Å². The Bertz CT molecular complexity index is 1040. The maximum Gasteiger partial charge on any atom is 0.0971 e. The number of halogens is 1. The fourth-order valence-corrected chi connectivity index (χ4v) is 2.82. The minimum Gasteiger partial charge on any atom is -0.254 e. The van der Waals surface area contributed by atoms with Gasteiger partial charge in [0, 0.05) is 22.0 Å². The van der Waals surface area contributed by atoms with E-state index in [-0.39, 0.29) is 0 Å². The zero-order chi connectivity index (χ0) is 15.6. The molecule has 0 radical (unpaired) electrons. The van der Waals surface area contributed by atoms with Gasteiger partial charge >= 0.3 is 0 Å². The van der Waals surface area contributed by atoms with E-state index in [0.717, 1.165) is 38.1 Å². The minimum absolute atomic E-state index is 0.733. The molecule has 0 aliphatic heterocycles. The van der Waals surface area contributed by atoms with Gasteiger partial charge < -0.3 is 0 Å². The highest BCUT2D eigenvalue weighted by Crippen LogP contribution is 2.23. The molecule has 110 valence electrons. The second-order valence-electron chi connectivity index (χ2n) is 5.30. The molecule has 0 aliphatic rings. The van der Waals surface area contributed by atoms with E-state index in [4.69, 9.17) is 16.6 Å². The van der Waals surface area contributed by atoms with Gasteiger partial charge in [0.15, 0.2) is 0 Å². The monoisotopic (exact) mass is 316 g/mol. The number of rotatable bonds is 2. The molecule has 0 N–H and O–H groups in total. The predicted octanol–water partition coefficient (Wildman–Crippen LogP) is 5.61. The number of benzene rings is 2. The molecule has 4 rings (SSSR count). The van der Waals surface area contributed by atoms with Gasteiger partial charge in [-0.1, -0.05) is 60.1 Å². The molecule has 0 spiro atoms. The van der Waals surface area contributed by atoms with Gasteiger partial charge in [-0.15, -0.1) is 0 Å². The molecule has 0 atom stereocenters. The summed E-state index contributed by atoms with van der Waals surface area (Å²) < 4.78 is 0. The lowest BCUT2D eigenvalue weighted by Gasteiger charge is -2.03. The second kappa shape index (κ2) is 5.82. The predicted molar refractivity (Wildman–Crippen MR) is 97.4 cm³/mol. The van der Waals surface area contributed by atoms with Crippen LogP contribution in [0.2, 0.25) is 5.02 Å². The molecule has 2 aromatic heterocycles. The van der Waals surface area contributed by atoms with Crippen molar-refractivity contribution in [3.63, 3.8) is 0 Å². The smallest absolute Gasteiger partial charge is 0.0971 e. The van der Waals surface area contributed by atoms with Crippen molar-refractivity contribution < 1.29 is 0 Å². The lowest BCUT2D eigenvalue weighted by molar-refractivity contribution is 1.35. The highest BCUT2D eigenvalue weighted by Gasteiger charge is 2.03. The van der Waals surface area contributed by atoms with Crippen molar-refractivity contribution in [2.45, 2.75) is 0 Å². The number of hydrogen-bond donors (Lipinski definition) is 0. The minimum atomic E-state index is 0.733. The topological polar surface area (TPSA) is 25.8 Å². The molecule has 0 amide bonds. The Hall–Kier alpha value is -2.71. The largest absolute Gasteiger partial charge is 0.254 e. The maximum atomic E-state index is 6.18. The van der Waals surface area contributed by atoms with Gasteiger partial charge in [0.05, 0.1) is 16.7 Å². The Labute approximate surface area is 139 Å². The average Bonchev–Trinajstić information content (AvgIpc) is 2.61. The number of fused-ring (bicyclic) bond motifs is 3. The standard InChI is InChI=1S/C20H13ClN2/c21-18-6-2-1-4-14(18)9-11-17-12-10-16-8-7-15-5-3-13-22-19(15)20(16)23-17/h1-13H/b11-9+. The maximum absolute atomic E-state index is 6.18. The van der Waals surface area contributed by atoms with Crippen molar-refractivity contribution in [3.05, 3.63) is 83.1 Å². The number of aromatic nitrogens is 2. The molecule has 0 aliphatic carbocycles. The Morgan fingerprint density at radius 3 is 2.39 bits per heavy atom. The van der Waals surface area contributed by atoms with E-state index in [1.807, 2.05) is 48.6 Å². The molecule has 3 heteroatoms. The van der Waals surface area contributed by atoms with Crippen LogP contribution in [0.15, 0.2) is 66.9 Å². The van der Waals surface area contributed by atoms with E-state index in [0.29, 0.717) is 0 Å². The molecule has 4 aromatic rings. The van der Waals surface area contributed by atoms with Crippen LogP contribution in [0.3, 0.4) is 0 Å². The van der Waals surface area contributed by atoms with Crippen molar-refractivity contribution in [2.75, 3.05) is 0 Å². The van der Waals surface area contributed by atoms with Crippen LogP contribution in [-0.4, -0.2) is 9.97 Å². The molecule has 0 saturated heterocycles. The summed E-state index contributed by atoms with van der Waals surface area (Å²) in [7, 11) is 0. The molecule has 23 heavy (non-hydrogen) atoms. The first kappa shape index (κ1) is 13.9. The average molecular weight is 317 g/mol. The molecule has 0 fully saturated rings. The van der Waals surface area contributed by atoms with Gasteiger partial charge in [-0.05, 0) is 29.8 Å². The number of nitrogens with zero attached hydrogens (tertiary/aromatic N) is 2. The highest BCUT2D eigenvalue weighted by atomic mass is 35.5. The molecule has 2 aromatic carbocycles. The van der Waals surface area contributed by atoms with Gasteiger partial charge in [-0.25, -0.2) is 4.98 Å². The van der Waals surface area contributed by atoms with Crippen LogP contribution in [0, 0.1) is 0 Å². The quantitative estimate of drug-likeness (QED) is 0.449. The summed E-state index contributed by atoms with van der Waals surface area (Å²) in [5.41, 5.74) is 3.71. The van der Waals surface area contributed by atoms with Crippen molar-refractivity contribution in [3.8, 4) is 0 Å². The SMILES string of the molecule is Clc1ccccc1/C=C/c1ccc2ccc3cccnc3c2n1. The second-order valence-corrected chi connectivity index (χ2v) is 5.71. The summed E-state index contributed by atoms with van der Waals surface area (Å²) in [5, 5.41) is 2.92. The summed E-state index contributed by atoms with van der Waals surface area (Å²) in [6.45, 7) is 0. The molecule has 0 bridgehead atoms. The van der Waals surface area contributed by atoms with E-state index >= 15 is 0 Å². The molecule has 2 nitrogen and oxygen atoms in total. The van der Waals surface area contributed by atoms with Gasteiger partial charge in [-0.3, -0.25) is 4.98 Å². The van der Waals surface area contributed by atoms with Gasteiger partial charge in [0.25, 0.3) is 0 Å². The zero-order valence-corrected chi connectivity index (χ0v) is 13.0. The normalized spacial score (nSPS) is 11.5. The first-order valence-electron chi connectivity index (χ1n) is 7.38. The Kier molecular flexibility index (Phi) is 3.52. The van der Waals surface area contributed by atoms with Crippen LogP contribution in [-0.2, 0) is 0 Å². The number of pyridine rings is 2. The van der Waals surface area contributed by atoms with Gasteiger partial charge in [-0.2, -0.15) is 0 Å². The number of hydrogen-bond acceptors (Lipinski definition) is 2. The Balaban J connectivity index is 1.82. The van der Waals surface area contributed by atoms with Crippen LogP contribution in [0.5, 0.6) is 0 Å². The first-order valence-corrected chi connectivity index (χ1v) is 7.76. The third-order valence-electron chi connectivity index (χ3n) is 3.79. The summed E-state index contributed by atoms with van der Waals surface area (Å²) in [5.74, 6) is 0. The van der Waals surface area contributed by atoms with Crippen molar-refractivity contribution in [2.24, 2.45) is 0 Å². The van der Waals surface area contributed by atoms with E-state index in [2.05, 4.69) is 29.2 Å². The van der Waals surface area contributed by atoms with Crippen LogP contribution >= 0.6 is 11.6 Å². The Morgan fingerprint density at radius 2 is 1.52 bits per heavy atom. The van der Waals surface area contributed by atoms with Crippen molar-refractivity contribution >= 4 is 45.6 Å². The van der Waals surface area contributed by atoms with Gasteiger partial charge in [0.2, 0.25) is 0 Å². The highest BCUT2D eigenvalue weighted by molar-refractivity contribution is 6.32. The van der Waals surface area contributed by atoms with Crippen molar-refractivity contribution in [1.29, 1.82) is 0 Å². The third-order valence-corrected chi connectivity index (χ3v) is 4.14. The first-order chi connectivity index (χ1) is 11.3. The molecular formula is C20H13ClN2. The lowest BCUT2D eigenvalue weighted by Crippen LogP contribution is -1.87. The van der Waals surface area contributed by atoms with E-state index in [1.165, 1.54) is 0 Å². The molecular weight excluding hydrogens is 304 g/mol. The lowest BCUT2D eigenvalue weighted by atomic mass is 10.1. The zero-order valence-electron chi connectivity index (χ0n) is 12.3. The van der Waals surface area contributed by atoms with Crippen LogP contribution in [0.25, 0.3) is 34.0 Å². The molecule has 0 saturated carbocycles. The van der Waals surface area contributed by atoms with Crippen LogP contribution in [0.1, 0.15) is 11.3 Å². The summed E-state index contributed by atoms with van der Waals surface area (Å²) >= 11 is 6.18. The van der Waals surface area contributed by atoms with Gasteiger partial charge in [0.1, 0.15) is 0 Å². The Morgan fingerprint density at radius 1 is 0.739 bits per heavy atom. The molecule has 2 heterocycles. The van der Waals surface area contributed by atoms with E-state index in [1.54, 1.807) is 6.20 Å². The summed E-state index contributed by atoms with van der Waals surface area (Å²) in [6, 6.07) is 20.0. The van der Waals surface area contributed by atoms with E-state index < -0.39 is 0 Å². The van der Waals surface area contributed by atoms with Crippen molar-refractivity contribution in [1.82, 2.24) is 9.97 Å².